The number of nitrogens with zero attached hydrogens (tertiary/aromatic N) is 2. The van der Waals surface area contributed by atoms with Crippen molar-refractivity contribution in [1.82, 2.24) is 4.98 Å². The number of anilines is 1. The maximum atomic E-state index is 11.9. The zero-order valence-corrected chi connectivity index (χ0v) is 11.8. The zero-order valence-electron chi connectivity index (χ0n) is 11.0. The van der Waals surface area contributed by atoms with Crippen LogP contribution in [0, 0.1) is 18.3 Å². The monoisotopic (exact) mass is 283 g/mol. The van der Waals surface area contributed by atoms with Crippen molar-refractivity contribution < 1.29 is 4.79 Å². The average molecular weight is 283 g/mol. The molecule has 0 aliphatic heterocycles. The topological polar surface area (TPSA) is 65.8 Å². The summed E-state index contributed by atoms with van der Waals surface area (Å²) in [5, 5.41) is 12.3. The third-order valence-corrected chi connectivity index (χ3v) is 3.54. The van der Waals surface area contributed by atoms with Gasteiger partial charge in [-0.05, 0) is 36.8 Å². The number of hydrogen-bond donors (Lipinski definition) is 1. The third kappa shape index (κ3) is 3.84. The second-order valence-corrected chi connectivity index (χ2v) is 5.14. The summed E-state index contributed by atoms with van der Waals surface area (Å²) in [7, 11) is 0. The van der Waals surface area contributed by atoms with E-state index in [4.69, 9.17) is 5.26 Å². The van der Waals surface area contributed by atoms with Crippen LogP contribution in [-0.4, -0.2) is 16.6 Å². The maximum Gasteiger partial charge on any atom is 0.234 e. The van der Waals surface area contributed by atoms with Gasteiger partial charge >= 0.3 is 0 Å². The van der Waals surface area contributed by atoms with E-state index in [9.17, 15) is 4.79 Å². The van der Waals surface area contributed by atoms with E-state index in [0.29, 0.717) is 10.6 Å². The highest BCUT2D eigenvalue weighted by Gasteiger charge is 2.07. The molecule has 0 spiro atoms. The molecule has 0 unspecified atom stereocenters. The Hall–Kier alpha value is -2.32. The van der Waals surface area contributed by atoms with Crippen LogP contribution < -0.4 is 5.32 Å². The number of aromatic nitrogens is 1. The predicted molar refractivity (Wildman–Crippen MR) is 79.5 cm³/mol. The highest BCUT2D eigenvalue weighted by molar-refractivity contribution is 8.00. The molecule has 2 rings (SSSR count). The molecule has 1 N–H and O–H groups in total. The first-order valence-corrected chi connectivity index (χ1v) is 7.02. The number of carbonyl (C=O) groups is 1. The number of rotatable bonds is 4. The van der Waals surface area contributed by atoms with Crippen molar-refractivity contribution in [3.63, 3.8) is 0 Å². The second kappa shape index (κ2) is 6.73. The van der Waals surface area contributed by atoms with Gasteiger partial charge < -0.3 is 5.32 Å². The Morgan fingerprint density at radius 2 is 2.25 bits per heavy atom. The van der Waals surface area contributed by atoms with Gasteiger partial charge in [0.25, 0.3) is 0 Å². The lowest BCUT2D eigenvalue weighted by Gasteiger charge is -2.06. The molecule has 1 aromatic heterocycles. The molecule has 0 fully saturated rings. The summed E-state index contributed by atoms with van der Waals surface area (Å²) in [4.78, 5) is 16.0. The van der Waals surface area contributed by atoms with E-state index in [1.54, 1.807) is 18.3 Å². The van der Waals surface area contributed by atoms with Crippen LogP contribution in [0.15, 0.2) is 47.6 Å². The summed E-state index contributed by atoms with van der Waals surface area (Å²) >= 11 is 1.26. The number of nitriles is 1. The van der Waals surface area contributed by atoms with Crippen LogP contribution in [0.25, 0.3) is 0 Å². The van der Waals surface area contributed by atoms with Gasteiger partial charge in [0.2, 0.25) is 5.91 Å². The van der Waals surface area contributed by atoms with E-state index < -0.39 is 0 Å². The summed E-state index contributed by atoms with van der Waals surface area (Å²) in [6.45, 7) is 1.97. The summed E-state index contributed by atoms with van der Waals surface area (Å²) < 4.78 is 0. The van der Waals surface area contributed by atoms with E-state index >= 15 is 0 Å². The van der Waals surface area contributed by atoms with Crippen LogP contribution in [0.4, 0.5) is 5.69 Å². The highest BCUT2D eigenvalue weighted by atomic mass is 32.2. The molecule has 0 radical (unpaired) electrons. The Morgan fingerprint density at radius 3 is 3.00 bits per heavy atom. The smallest absolute Gasteiger partial charge is 0.234 e. The van der Waals surface area contributed by atoms with Gasteiger partial charge in [-0.15, -0.1) is 0 Å². The number of hydrogen-bond acceptors (Lipinski definition) is 4. The number of thioether (sulfide) groups is 1. The van der Waals surface area contributed by atoms with Crippen LogP contribution in [0.2, 0.25) is 0 Å². The summed E-state index contributed by atoms with van der Waals surface area (Å²) in [6, 6.07) is 13.1. The first-order chi connectivity index (χ1) is 9.69. The van der Waals surface area contributed by atoms with Crippen molar-refractivity contribution in [3.8, 4) is 6.07 Å². The minimum atomic E-state index is -0.116. The molecule has 1 heterocycles. The fraction of sp³-hybridized carbons (Fsp3) is 0.133. The molecule has 2 aromatic rings. The summed E-state index contributed by atoms with van der Waals surface area (Å²) in [5.41, 5.74) is 2.35. The third-order valence-electron chi connectivity index (χ3n) is 2.53. The number of benzene rings is 1. The van der Waals surface area contributed by atoms with E-state index in [0.717, 1.165) is 11.3 Å². The molecule has 0 saturated heterocycles. The van der Waals surface area contributed by atoms with E-state index in [2.05, 4.69) is 16.4 Å². The quantitative estimate of drug-likeness (QED) is 0.876. The first-order valence-electron chi connectivity index (χ1n) is 6.03. The van der Waals surface area contributed by atoms with Gasteiger partial charge in [0, 0.05) is 11.9 Å². The Bertz CT molecular complexity index is 664. The maximum absolute atomic E-state index is 11.9. The molecule has 5 heteroatoms. The van der Waals surface area contributed by atoms with Crippen LogP contribution in [-0.2, 0) is 4.79 Å². The van der Waals surface area contributed by atoms with E-state index in [1.807, 2.05) is 31.2 Å². The minimum absolute atomic E-state index is 0.116. The number of amides is 1. The number of carbonyl (C=O) groups excluding carboxylic acids is 1. The van der Waals surface area contributed by atoms with E-state index in [1.165, 1.54) is 11.8 Å². The Balaban J connectivity index is 1.94. The van der Waals surface area contributed by atoms with Gasteiger partial charge in [0.05, 0.1) is 11.3 Å². The van der Waals surface area contributed by atoms with Gasteiger partial charge in [-0.1, -0.05) is 23.9 Å². The molecule has 0 saturated carbocycles. The zero-order chi connectivity index (χ0) is 14.4. The molecule has 1 aromatic carbocycles. The average Bonchev–Trinajstić information content (AvgIpc) is 2.45. The number of aryl methyl sites for hydroxylation is 1. The molecular formula is C15H13N3OS. The highest BCUT2D eigenvalue weighted by Crippen LogP contribution is 2.19. The lowest BCUT2D eigenvalue weighted by Crippen LogP contribution is -2.14. The standard InChI is InChI=1S/C15H13N3OS/c1-11-4-2-6-13(8-11)18-14(19)10-20-15-12(9-16)5-3-7-17-15/h2-8H,10H2,1H3,(H,18,19). The molecule has 4 nitrogen and oxygen atoms in total. The van der Waals surface area contributed by atoms with Gasteiger partial charge in [-0.2, -0.15) is 5.26 Å². The molecule has 0 aliphatic carbocycles. The fourth-order valence-corrected chi connectivity index (χ4v) is 2.39. The van der Waals surface area contributed by atoms with Crippen molar-refractivity contribution in [2.45, 2.75) is 11.9 Å². The molecule has 1 amide bonds. The normalized spacial score (nSPS) is 9.80. The summed E-state index contributed by atoms with van der Waals surface area (Å²) in [5.74, 6) is 0.106. The Kier molecular flexibility index (Phi) is 4.75. The fourth-order valence-electron chi connectivity index (χ4n) is 1.64. The second-order valence-electron chi connectivity index (χ2n) is 4.17. The van der Waals surface area contributed by atoms with Gasteiger partial charge in [-0.25, -0.2) is 4.98 Å². The number of nitrogens with one attached hydrogen (secondary N) is 1. The van der Waals surface area contributed by atoms with Gasteiger partial charge in [0.1, 0.15) is 11.1 Å². The molecule has 100 valence electrons. The van der Waals surface area contributed by atoms with Crippen LogP contribution in [0.5, 0.6) is 0 Å². The molecular weight excluding hydrogens is 270 g/mol. The van der Waals surface area contributed by atoms with Gasteiger partial charge in [-0.3, -0.25) is 4.79 Å². The molecule has 0 bridgehead atoms. The molecule has 0 atom stereocenters. The van der Waals surface area contributed by atoms with Gasteiger partial charge in [0.15, 0.2) is 0 Å². The van der Waals surface area contributed by atoms with Crippen molar-refractivity contribution in [2.75, 3.05) is 11.1 Å². The predicted octanol–water partition coefficient (Wildman–Crippen LogP) is 2.99. The summed E-state index contributed by atoms with van der Waals surface area (Å²) in [6.07, 6.45) is 1.61. The molecule has 20 heavy (non-hydrogen) atoms. The first kappa shape index (κ1) is 14.1. The SMILES string of the molecule is Cc1cccc(NC(=O)CSc2ncccc2C#N)c1. The van der Waals surface area contributed by atoms with Crippen LogP contribution in [0.3, 0.4) is 0 Å². The lowest BCUT2D eigenvalue weighted by atomic mass is 10.2. The minimum Gasteiger partial charge on any atom is -0.325 e. The van der Waals surface area contributed by atoms with Crippen molar-refractivity contribution in [3.05, 3.63) is 53.7 Å². The number of pyridine rings is 1. The van der Waals surface area contributed by atoms with Crippen molar-refractivity contribution in [1.29, 1.82) is 5.26 Å². The van der Waals surface area contributed by atoms with E-state index in [-0.39, 0.29) is 11.7 Å². The van der Waals surface area contributed by atoms with Crippen LogP contribution >= 0.6 is 11.8 Å². The Morgan fingerprint density at radius 1 is 1.40 bits per heavy atom. The lowest BCUT2D eigenvalue weighted by molar-refractivity contribution is -0.113. The Labute approximate surface area is 121 Å². The van der Waals surface area contributed by atoms with Crippen molar-refractivity contribution >= 4 is 23.4 Å². The van der Waals surface area contributed by atoms with Crippen molar-refractivity contribution in [2.24, 2.45) is 0 Å². The largest absolute Gasteiger partial charge is 0.325 e. The molecule has 0 aliphatic rings. The van der Waals surface area contributed by atoms with Crippen LogP contribution in [0.1, 0.15) is 11.1 Å².